The minimum absolute atomic E-state index is 0.0868. The molecule has 162 valence electrons. The van der Waals surface area contributed by atoms with Gasteiger partial charge in [0, 0.05) is 43.2 Å². The highest BCUT2D eigenvalue weighted by Gasteiger charge is 2.46. The van der Waals surface area contributed by atoms with E-state index in [4.69, 9.17) is 0 Å². The van der Waals surface area contributed by atoms with Crippen LogP contribution < -0.4 is 0 Å². The molecular weight excluding hydrogens is 400 g/mol. The molecular formula is C22H24N4O5. The molecule has 2 heterocycles. The van der Waals surface area contributed by atoms with Crippen molar-refractivity contribution in [3.05, 3.63) is 75.6 Å². The van der Waals surface area contributed by atoms with Crippen LogP contribution in [-0.4, -0.2) is 62.7 Å². The fraction of sp³-hybridized carbons (Fsp3) is 0.318. The van der Waals surface area contributed by atoms with Gasteiger partial charge in [-0.2, -0.15) is 0 Å². The summed E-state index contributed by atoms with van der Waals surface area (Å²) in [5.41, 5.74) is 0.489. The van der Waals surface area contributed by atoms with E-state index >= 15 is 0 Å². The number of benzene rings is 1. The van der Waals surface area contributed by atoms with E-state index in [0.29, 0.717) is 17.7 Å². The lowest BCUT2D eigenvalue weighted by molar-refractivity contribution is -0.384. The monoisotopic (exact) mass is 424 g/mol. The number of non-ortho nitro benzene ring substituents is 1. The van der Waals surface area contributed by atoms with Crippen LogP contribution in [0.25, 0.3) is 5.76 Å². The smallest absolute Gasteiger partial charge is 0.295 e. The molecule has 1 amide bonds. The molecule has 1 unspecified atom stereocenters. The molecule has 0 aliphatic carbocycles. The zero-order valence-corrected chi connectivity index (χ0v) is 17.4. The topological polar surface area (TPSA) is 117 Å². The summed E-state index contributed by atoms with van der Waals surface area (Å²) in [6.45, 7) is 6.32. The number of carbonyl (C=O) groups excluding carboxylic acids is 2. The van der Waals surface area contributed by atoms with Crippen LogP contribution in [0, 0.1) is 10.1 Å². The Kier molecular flexibility index (Phi) is 6.76. The van der Waals surface area contributed by atoms with Gasteiger partial charge in [-0.15, -0.1) is 0 Å². The highest BCUT2D eigenvalue weighted by atomic mass is 16.6. The summed E-state index contributed by atoms with van der Waals surface area (Å²) in [5, 5.41) is 22.2. The minimum Gasteiger partial charge on any atom is -0.507 e. The van der Waals surface area contributed by atoms with Crippen LogP contribution in [0.5, 0.6) is 0 Å². The Bertz CT molecular complexity index is 1020. The third-order valence-electron chi connectivity index (χ3n) is 5.44. The Balaban J connectivity index is 2.13. The van der Waals surface area contributed by atoms with Gasteiger partial charge in [0.15, 0.2) is 0 Å². The van der Waals surface area contributed by atoms with Crippen molar-refractivity contribution in [1.82, 2.24) is 14.8 Å². The fourth-order valence-electron chi connectivity index (χ4n) is 3.72. The molecule has 0 radical (unpaired) electrons. The number of pyridine rings is 1. The number of aliphatic hydroxyl groups is 1. The van der Waals surface area contributed by atoms with Gasteiger partial charge in [-0.25, -0.2) is 0 Å². The van der Waals surface area contributed by atoms with Gasteiger partial charge in [0.2, 0.25) is 0 Å². The van der Waals surface area contributed by atoms with Crippen molar-refractivity contribution in [2.75, 3.05) is 26.2 Å². The molecule has 1 atom stereocenters. The Hall–Kier alpha value is -3.59. The summed E-state index contributed by atoms with van der Waals surface area (Å²) < 4.78 is 0. The molecule has 9 nitrogen and oxygen atoms in total. The lowest BCUT2D eigenvalue weighted by Crippen LogP contribution is -2.38. The number of hydrogen-bond donors (Lipinski definition) is 1. The van der Waals surface area contributed by atoms with Crippen LogP contribution in [0.15, 0.2) is 54.4 Å². The first-order chi connectivity index (χ1) is 14.9. The molecule has 2 aromatic rings. The first kappa shape index (κ1) is 22.1. The van der Waals surface area contributed by atoms with Crippen LogP contribution in [0.1, 0.15) is 31.0 Å². The number of nitrogens with zero attached hydrogens (tertiary/aromatic N) is 4. The molecule has 0 bridgehead atoms. The molecule has 31 heavy (non-hydrogen) atoms. The van der Waals surface area contributed by atoms with E-state index in [-0.39, 0.29) is 23.6 Å². The summed E-state index contributed by atoms with van der Waals surface area (Å²) in [6.07, 6.45) is 2.93. The summed E-state index contributed by atoms with van der Waals surface area (Å²) in [6, 6.07) is 7.93. The number of rotatable bonds is 8. The standard InChI is InChI=1S/C22H24N4O5/c1-3-24(4-2)12-13-25-19(16-6-5-7-17(14-16)26(30)31)18(21(28)22(25)29)20(27)15-8-10-23-11-9-15/h5-11,14,19,27H,3-4,12-13H2,1-2H3/b20-18-. The average Bonchev–Trinajstić information content (AvgIpc) is 3.05. The van der Waals surface area contributed by atoms with Gasteiger partial charge in [0.1, 0.15) is 5.76 Å². The number of ketones is 1. The minimum atomic E-state index is -0.927. The molecule has 1 aromatic carbocycles. The van der Waals surface area contributed by atoms with Crippen molar-refractivity contribution in [2.45, 2.75) is 19.9 Å². The lowest BCUT2D eigenvalue weighted by Gasteiger charge is -2.28. The molecule has 9 heteroatoms. The maximum absolute atomic E-state index is 12.9. The van der Waals surface area contributed by atoms with Gasteiger partial charge < -0.3 is 14.9 Å². The van der Waals surface area contributed by atoms with Crippen molar-refractivity contribution in [1.29, 1.82) is 0 Å². The number of amides is 1. The van der Waals surface area contributed by atoms with Gasteiger partial charge in [0.05, 0.1) is 16.5 Å². The summed E-state index contributed by atoms with van der Waals surface area (Å²) >= 11 is 0. The third kappa shape index (κ3) is 4.46. The zero-order valence-electron chi connectivity index (χ0n) is 17.4. The van der Waals surface area contributed by atoms with Crippen LogP contribution in [0.2, 0.25) is 0 Å². The number of hydrogen-bond acceptors (Lipinski definition) is 7. The van der Waals surface area contributed by atoms with E-state index in [2.05, 4.69) is 9.88 Å². The molecule has 1 N–H and O–H groups in total. The first-order valence-electron chi connectivity index (χ1n) is 10.0. The van der Waals surface area contributed by atoms with E-state index in [1.165, 1.54) is 47.6 Å². The van der Waals surface area contributed by atoms with Crippen molar-refractivity contribution in [3.63, 3.8) is 0 Å². The number of Topliss-reactive ketones (excluding diaryl/α,β-unsaturated/α-hetero) is 1. The van der Waals surface area contributed by atoms with Crippen LogP contribution in [0.4, 0.5) is 5.69 Å². The van der Waals surface area contributed by atoms with Gasteiger partial charge in [-0.3, -0.25) is 24.7 Å². The highest BCUT2D eigenvalue weighted by molar-refractivity contribution is 6.46. The van der Waals surface area contributed by atoms with Crippen molar-refractivity contribution in [2.24, 2.45) is 0 Å². The number of likely N-dealkylation sites (N-methyl/N-ethyl adjacent to an activating group) is 1. The van der Waals surface area contributed by atoms with E-state index < -0.39 is 22.7 Å². The predicted octanol–water partition coefficient (Wildman–Crippen LogP) is 2.75. The number of aliphatic hydroxyl groups excluding tert-OH is 1. The second-order valence-electron chi connectivity index (χ2n) is 7.11. The normalized spacial score (nSPS) is 18.0. The van der Waals surface area contributed by atoms with Crippen LogP contribution in [0.3, 0.4) is 0 Å². The van der Waals surface area contributed by atoms with E-state index in [1.807, 2.05) is 13.8 Å². The molecule has 1 aliphatic heterocycles. The molecule has 1 aromatic heterocycles. The van der Waals surface area contributed by atoms with Crippen molar-refractivity contribution >= 4 is 23.1 Å². The third-order valence-corrected chi connectivity index (χ3v) is 5.44. The van der Waals surface area contributed by atoms with Crippen molar-refractivity contribution < 1.29 is 19.6 Å². The number of nitro groups is 1. The number of likely N-dealkylation sites (tertiary alicyclic amines) is 1. The molecule has 1 saturated heterocycles. The summed E-state index contributed by atoms with van der Waals surface area (Å²) in [4.78, 5) is 44.0. The summed E-state index contributed by atoms with van der Waals surface area (Å²) in [5.74, 6) is -1.88. The second-order valence-corrected chi connectivity index (χ2v) is 7.11. The van der Waals surface area contributed by atoms with Crippen LogP contribution >= 0.6 is 0 Å². The fourth-order valence-corrected chi connectivity index (χ4v) is 3.72. The Morgan fingerprint density at radius 3 is 2.48 bits per heavy atom. The Morgan fingerprint density at radius 1 is 1.19 bits per heavy atom. The largest absolute Gasteiger partial charge is 0.507 e. The summed E-state index contributed by atoms with van der Waals surface area (Å²) in [7, 11) is 0. The van der Waals surface area contributed by atoms with Crippen molar-refractivity contribution in [3.8, 4) is 0 Å². The SMILES string of the molecule is CCN(CC)CCN1C(=O)C(=O)/C(=C(\O)c2ccncc2)C1c1cccc([N+](=O)[O-])c1. The van der Waals surface area contributed by atoms with E-state index in [0.717, 1.165) is 13.1 Å². The average molecular weight is 424 g/mol. The lowest BCUT2D eigenvalue weighted by atomic mass is 9.95. The van der Waals surface area contributed by atoms with E-state index in [9.17, 15) is 24.8 Å². The highest BCUT2D eigenvalue weighted by Crippen LogP contribution is 2.40. The number of nitro benzene ring substituents is 1. The molecule has 3 rings (SSSR count). The molecule has 1 fully saturated rings. The maximum Gasteiger partial charge on any atom is 0.295 e. The molecule has 0 saturated carbocycles. The Morgan fingerprint density at radius 2 is 1.87 bits per heavy atom. The van der Waals surface area contributed by atoms with E-state index in [1.54, 1.807) is 6.07 Å². The molecule has 0 spiro atoms. The number of aromatic nitrogens is 1. The second kappa shape index (κ2) is 9.48. The van der Waals surface area contributed by atoms with Gasteiger partial charge in [0.25, 0.3) is 17.4 Å². The first-order valence-corrected chi connectivity index (χ1v) is 10.0. The maximum atomic E-state index is 12.9. The van der Waals surface area contributed by atoms with Crippen LogP contribution in [-0.2, 0) is 9.59 Å². The Labute approximate surface area is 179 Å². The van der Waals surface area contributed by atoms with Gasteiger partial charge in [-0.1, -0.05) is 26.0 Å². The zero-order chi connectivity index (χ0) is 22.5. The quantitative estimate of drug-likeness (QED) is 0.228. The predicted molar refractivity (Wildman–Crippen MR) is 114 cm³/mol. The van der Waals surface area contributed by atoms with Gasteiger partial charge in [-0.05, 0) is 30.8 Å². The number of carbonyl (C=O) groups is 2. The molecule has 1 aliphatic rings. The van der Waals surface area contributed by atoms with Gasteiger partial charge >= 0.3 is 0 Å².